The Kier molecular flexibility index (Phi) is 4.23. The molecule has 1 aliphatic rings. The molecule has 2 rings (SSSR count). The Hall–Kier alpha value is -1.38. The van der Waals surface area contributed by atoms with Gasteiger partial charge in [0.1, 0.15) is 0 Å². The average molecular weight is 278 g/mol. The van der Waals surface area contributed by atoms with Gasteiger partial charge >= 0.3 is 0 Å². The molecule has 102 valence electrons. The minimum absolute atomic E-state index is 0.0314. The smallest absolute Gasteiger partial charge is 0.208 e. The Morgan fingerprint density at radius 1 is 1.26 bits per heavy atom. The second-order valence-electron chi connectivity index (χ2n) is 5.05. The molecule has 1 aliphatic carbocycles. The van der Waals surface area contributed by atoms with Crippen LogP contribution in [0.2, 0.25) is 0 Å². The highest BCUT2D eigenvalue weighted by atomic mass is 32.2. The van der Waals surface area contributed by atoms with E-state index >= 15 is 0 Å². The lowest BCUT2D eigenvalue weighted by Crippen LogP contribution is -2.36. The van der Waals surface area contributed by atoms with E-state index in [1.54, 1.807) is 19.1 Å². The number of aryl methyl sites for hydroxylation is 1. The average Bonchev–Trinajstić information content (AvgIpc) is 2.39. The van der Waals surface area contributed by atoms with Gasteiger partial charge in [-0.3, -0.25) is 0 Å². The maximum Gasteiger partial charge on any atom is 0.241 e. The van der Waals surface area contributed by atoms with Crippen molar-refractivity contribution in [3.8, 4) is 6.07 Å². The number of nitrogens with zero attached hydrogens (tertiary/aromatic N) is 1. The van der Waals surface area contributed by atoms with Crippen LogP contribution in [0.4, 0.5) is 0 Å². The van der Waals surface area contributed by atoms with Crippen LogP contribution < -0.4 is 4.72 Å². The molecule has 1 fully saturated rings. The van der Waals surface area contributed by atoms with E-state index in [2.05, 4.69) is 4.72 Å². The molecule has 0 atom stereocenters. The third-order valence-corrected chi connectivity index (χ3v) is 5.20. The van der Waals surface area contributed by atoms with Crippen molar-refractivity contribution in [2.24, 2.45) is 0 Å². The second-order valence-corrected chi connectivity index (χ2v) is 6.73. The molecule has 0 spiro atoms. The normalized spacial score (nSPS) is 17.1. The maximum absolute atomic E-state index is 12.4. The van der Waals surface area contributed by atoms with Crippen molar-refractivity contribution in [3.63, 3.8) is 0 Å². The summed E-state index contributed by atoms with van der Waals surface area (Å²) >= 11 is 0. The van der Waals surface area contributed by atoms with E-state index in [1.165, 1.54) is 12.5 Å². The lowest BCUT2D eigenvalue weighted by molar-refractivity contribution is 0.412. The quantitative estimate of drug-likeness (QED) is 0.923. The summed E-state index contributed by atoms with van der Waals surface area (Å²) in [5.74, 6) is 0. The fraction of sp³-hybridized carbons (Fsp3) is 0.500. The van der Waals surface area contributed by atoms with E-state index < -0.39 is 10.0 Å². The van der Waals surface area contributed by atoms with E-state index in [-0.39, 0.29) is 10.9 Å². The predicted octanol–water partition coefficient (Wildman–Crippen LogP) is 2.48. The van der Waals surface area contributed by atoms with Crippen LogP contribution in [0.1, 0.15) is 43.2 Å². The van der Waals surface area contributed by atoms with Gasteiger partial charge in [0, 0.05) is 6.04 Å². The third kappa shape index (κ3) is 3.34. The standard InChI is InChI=1S/C14H18N2O2S/c1-11-7-8-12(10-15)9-14(11)19(17,18)16-13-5-3-2-4-6-13/h7-9,13,16H,2-6H2,1H3. The molecular weight excluding hydrogens is 260 g/mol. The maximum atomic E-state index is 12.4. The van der Waals surface area contributed by atoms with E-state index in [0.717, 1.165) is 25.7 Å². The van der Waals surface area contributed by atoms with Gasteiger partial charge in [-0.15, -0.1) is 0 Å². The molecule has 1 aromatic carbocycles. The molecule has 0 unspecified atom stereocenters. The van der Waals surface area contributed by atoms with E-state index in [0.29, 0.717) is 11.1 Å². The minimum Gasteiger partial charge on any atom is -0.208 e. The zero-order chi connectivity index (χ0) is 13.9. The lowest BCUT2D eigenvalue weighted by Gasteiger charge is -2.23. The number of hydrogen-bond donors (Lipinski definition) is 1. The number of nitriles is 1. The summed E-state index contributed by atoms with van der Waals surface area (Å²) in [6, 6.07) is 6.76. The summed E-state index contributed by atoms with van der Waals surface area (Å²) in [6.45, 7) is 1.75. The molecule has 0 heterocycles. The van der Waals surface area contributed by atoms with Crippen molar-refractivity contribution in [3.05, 3.63) is 29.3 Å². The van der Waals surface area contributed by atoms with Gasteiger partial charge in [-0.2, -0.15) is 5.26 Å². The summed E-state index contributed by atoms with van der Waals surface area (Å²) in [4.78, 5) is 0.220. The SMILES string of the molecule is Cc1ccc(C#N)cc1S(=O)(=O)NC1CCCCC1. The van der Waals surface area contributed by atoms with Crippen LogP contribution in [-0.2, 0) is 10.0 Å². The molecular formula is C14H18N2O2S. The first kappa shape index (κ1) is 14.0. The van der Waals surface area contributed by atoms with Gasteiger partial charge < -0.3 is 0 Å². The van der Waals surface area contributed by atoms with Gasteiger partial charge in [0.05, 0.1) is 16.5 Å². The largest absolute Gasteiger partial charge is 0.241 e. The molecule has 0 amide bonds. The van der Waals surface area contributed by atoms with Crippen molar-refractivity contribution < 1.29 is 8.42 Å². The highest BCUT2D eigenvalue weighted by Gasteiger charge is 2.23. The molecule has 0 bridgehead atoms. The highest BCUT2D eigenvalue weighted by Crippen LogP contribution is 2.22. The van der Waals surface area contributed by atoms with Gasteiger partial charge in [0.2, 0.25) is 10.0 Å². The Labute approximate surface area is 114 Å². The third-order valence-electron chi connectivity index (χ3n) is 3.53. The number of rotatable bonds is 3. The van der Waals surface area contributed by atoms with Crippen LogP contribution in [0.25, 0.3) is 0 Å². The molecule has 0 aliphatic heterocycles. The fourth-order valence-corrected chi connectivity index (χ4v) is 4.04. The first-order valence-corrected chi connectivity index (χ1v) is 8.04. The van der Waals surface area contributed by atoms with Crippen molar-refractivity contribution in [2.75, 3.05) is 0 Å². The van der Waals surface area contributed by atoms with Crippen LogP contribution in [-0.4, -0.2) is 14.5 Å². The molecule has 0 radical (unpaired) electrons. The summed E-state index contributed by atoms with van der Waals surface area (Å²) < 4.78 is 27.5. The van der Waals surface area contributed by atoms with E-state index in [9.17, 15) is 8.42 Å². The van der Waals surface area contributed by atoms with Gasteiger partial charge in [0.25, 0.3) is 0 Å². The van der Waals surface area contributed by atoms with E-state index in [1.807, 2.05) is 6.07 Å². The number of sulfonamides is 1. The molecule has 1 N–H and O–H groups in total. The minimum atomic E-state index is -3.52. The van der Waals surface area contributed by atoms with Crippen LogP contribution in [0.5, 0.6) is 0 Å². The number of nitrogens with one attached hydrogen (secondary N) is 1. The Morgan fingerprint density at radius 3 is 2.58 bits per heavy atom. The highest BCUT2D eigenvalue weighted by molar-refractivity contribution is 7.89. The second kappa shape index (κ2) is 5.72. The molecule has 1 aromatic rings. The number of hydrogen-bond acceptors (Lipinski definition) is 3. The van der Waals surface area contributed by atoms with Gasteiger partial charge in [-0.25, -0.2) is 13.1 Å². The van der Waals surface area contributed by atoms with Gasteiger partial charge in [-0.1, -0.05) is 25.3 Å². The van der Waals surface area contributed by atoms with Crippen molar-refractivity contribution in [1.82, 2.24) is 4.72 Å². The van der Waals surface area contributed by atoms with Crippen molar-refractivity contribution >= 4 is 10.0 Å². The number of benzene rings is 1. The topological polar surface area (TPSA) is 70.0 Å². The Bertz CT molecular complexity index is 596. The lowest BCUT2D eigenvalue weighted by atomic mass is 9.96. The molecule has 1 saturated carbocycles. The summed E-state index contributed by atoms with van der Waals surface area (Å²) in [7, 11) is -3.52. The van der Waals surface area contributed by atoms with Crippen LogP contribution >= 0.6 is 0 Å². The van der Waals surface area contributed by atoms with Crippen LogP contribution in [0.3, 0.4) is 0 Å². The van der Waals surface area contributed by atoms with Crippen LogP contribution in [0, 0.1) is 18.3 Å². The zero-order valence-corrected chi connectivity index (χ0v) is 11.8. The summed E-state index contributed by atoms with van der Waals surface area (Å²) in [5.41, 5.74) is 1.04. The van der Waals surface area contributed by atoms with Crippen molar-refractivity contribution in [2.45, 2.75) is 50.0 Å². The summed E-state index contributed by atoms with van der Waals surface area (Å²) in [6.07, 6.45) is 5.13. The Balaban J connectivity index is 2.26. The molecule has 0 aromatic heterocycles. The van der Waals surface area contributed by atoms with Gasteiger partial charge in [0.15, 0.2) is 0 Å². The summed E-state index contributed by atoms with van der Waals surface area (Å²) in [5, 5.41) is 8.87. The molecule has 19 heavy (non-hydrogen) atoms. The van der Waals surface area contributed by atoms with Crippen molar-refractivity contribution in [1.29, 1.82) is 5.26 Å². The monoisotopic (exact) mass is 278 g/mol. The molecule has 5 heteroatoms. The van der Waals surface area contributed by atoms with Crippen LogP contribution in [0.15, 0.2) is 23.1 Å². The fourth-order valence-electron chi connectivity index (χ4n) is 2.46. The molecule has 4 nitrogen and oxygen atoms in total. The predicted molar refractivity (Wildman–Crippen MR) is 73.1 cm³/mol. The molecule has 0 saturated heterocycles. The zero-order valence-electron chi connectivity index (χ0n) is 11.0. The first-order valence-electron chi connectivity index (χ1n) is 6.56. The van der Waals surface area contributed by atoms with Gasteiger partial charge in [-0.05, 0) is 37.5 Å². The Morgan fingerprint density at radius 2 is 1.95 bits per heavy atom. The van der Waals surface area contributed by atoms with E-state index in [4.69, 9.17) is 5.26 Å². The first-order chi connectivity index (χ1) is 9.03.